The predicted molar refractivity (Wildman–Crippen MR) is 80.9 cm³/mol. The van der Waals surface area contributed by atoms with E-state index in [2.05, 4.69) is 10.4 Å². The molecular weight excluding hydrogens is 266 g/mol. The first-order valence-corrected chi connectivity index (χ1v) is 6.89. The van der Waals surface area contributed by atoms with Crippen LogP contribution in [0.15, 0.2) is 42.7 Å². The molecule has 2 rings (SSSR count). The molecule has 1 amide bonds. The first-order valence-electron chi connectivity index (χ1n) is 6.89. The highest BCUT2D eigenvalue weighted by Gasteiger charge is 2.22. The van der Waals surface area contributed by atoms with Crippen LogP contribution in [0.3, 0.4) is 0 Å². The van der Waals surface area contributed by atoms with Gasteiger partial charge in [0.2, 0.25) is 0 Å². The molecule has 0 spiro atoms. The fourth-order valence-electron chi connectivity index (χ4n) is 1.95. The number of aryl methyl sites for hydroxylation is 1. The molecule has 0 aliphatic rings. The highest BCUT2D eigenvalue weighted by atomic mass is 16.5. The average molecular weight is 287 g/mol. The third kappa shape index (κ3) is 4.72. The summed E-state index contributed by atoms with van der Waals surface area (Å²) in [7, 11) is 1.78. The van der Waals surface area contributed by atoms with Crippen LogP contribution in [0.4, 0.5) is 0 Å². The number of nitrogens with zero attached hydrogens (tertiary/aromatic N) is 2. The van der Waals surface area contributed by atoms with Crippen LogP contribution in [0, 0.1) is 0 Å². The number of nitrogens with one attached hydrogen (secondary N) is 1. The van der Waals surface area contributed by atoms with Crippen molar-refractivity contribution >= 4 is 5.91 Å². The standard InChI is InChI=1S/C16H21N3O2/c1-16(2,12-21-11-13-7-5-4-6-8-13)18-15(20)14-9-17-19(3)10-14/h4-10H,11-12H2,1-3H3,(H,18,20). The van der Waals surface area contributed by atoms with E-state index in [1.54, 1.807) is 24.1 Å². The van der Waals surface area contributed by atoms with E-state index in [1.165, 1.54) is 0 Å². The van der Waals surface area contributed by atoms with Crippen LogP contribution in [0.2, 0.25) is 0 Å². The number of hydrogen-bond donors (Lipinski definition) is 1. The van der Waals surface area contributed by atoms with E-state index in [1.807, 2.05) is 44.2 Å². The number of rotatable bonds is 6. The number of amides is 1. The lowest BCUT2D eigenvalue weighted by atomic mass is 10.1. The number of carbonyl (C=O) groups is 1. The Bertz CT molecular complexity index is 591. The van der Waals surface area contributed by atoms with Crippen LogP contribution in [-0.2, 0) is 18.4 Å². The lowest BCUT2D eigenvalue weighted by molar-refractivity contribution is 0.0617. The fourth-order valence-corrected chi connectivity index (χ4v) is 1.95. The molecule has 1 N–H and O–H groups in total. The maximum absolute atomic E-state index is 12.1. The minimum absolute atomic E-state index is 0.142. The van der Waals surface area contributed by atoms with Gasteiger partial charge in [0.05, 0.1) is 30.5 Å². The molecule has 112 valence electrons. The topological polar surface area (TPSA) is 56.2 Å². The van der Waals surface area contributed by atoms with E-state index in [9.17, 15) is 4.79 Å². The Morgan fingerprint density at radius 3 is 2.67 bits per heavy atom. The molecule has 0 aliphatic carbocycles. The smallest absolute Gasteiger partial charge is 0.254 e. The molecule has 1 aromatic heterocycles. The maximum Gasteiger partial charge on any atom is 0.254 e. The minimum atomic E-state index is -0.443. The second-order valence-electron chi connectivity index (χ2n) is 5.72. The van der Waals surface area contributed by atoms with Crippen molar-refractivity contribution in [3.8, 4) is 0 Å². The molecule has 2 aromatic rings. The highest BCUT2D eigenvalue weighted by molar-refractivity contribution is 5.94. The number of benzene rings is 1. The number of carbonyl (C=O) groups excluding carboxylic acids is 1. The summed E-state index contributed by atoms with van der Waals surface area (Å²) < 4.78 is 7.30. The molecule has 1 aromatic carbocycles. The van der Waals surface area contributed by atoms with Gasteiger partial charge in [-0.2, -0.15) is 5.10 Å². The van der Waals surface area contributed by atoms with Gasteiger partial charge in [0.25, 0.3) is 5.91 Å². The lowest BCUT2D eigenvalue weighted by Gasteiger charge is -2.25. The van der Waals surface area contributed by atoms with E-state index < -0.39 is 5.54 Å². The van der Waals surface area contributed by atoms with Crippen molar-refractivity contribution in [1.29, 1.82) is 0 Å². The second-order valence-corrected chi connectivity index (χ2v) is 5.72. The Balaban J connectivity index is 1.82. The van der Waals surface area contributed by atoms with Crippen molar-refractivity contribution in [3.63, 3.8) is 0 Å². The van der Waals surface area contributed by atoms with E-state index in [0.717, 1.165) is 5.56 Å². The van der Waals surface area contributed by atoms with Gasteiger partial charge in [0, 0.05) is 13.2 Å². The van der Waals surface area contributed by atoms with Crippen LogP contribution < -0.4 is 5.32 Å². The van der Waals surface area contributed by atoms with Crippen molar-refractivity contribution in [1.82, 2.24) is 15.1 Å². The Kier molecular flexibility index (Phi) is 4.75. The van der Waals surface area contributed by atoms with Crippen molar-refractivity contribution in [2.75, 3.05) is 6.61 Å². The number of aromatic nitrogens is 2. The van der Waals surface area contributed by atoms with Crippen LogP contribution in [0.25, 0.3) is 0 Å². The Hall–Kier alpha value is -2.14. The maximum atomic E-state index is 12.1. The second kappa shape index (κ2) is 6.54. The Morgan fingerprint density at radius 1 is 1.33 bits per heavy atom. The zero-order chi connectivity index (χ0) is 15.3. The van der Waals surface area contributed by atoms with E-state index in [-0.39, 0.29) is 5.91 Å². The minimum Gasteiger partial charge on any atom is -0.374 e. The summed E-state index contributed by atoms with van der Waals surface area (Å²) >= 11 is 0. The van der Waals surface area contributed by atoms with E-state index in [0.29, 0.717) is 18.8 Å². The first-order chi connectivity index (χ1) is 9.96. The molecule has 0 radical (unpaired) electrons. The van der Waals surface area contributed by atoms with Gasteiger partial charge in [0.15, 0.2) is 0 Å². The summed E-state index contributed by atoms with van der Waals surface area (Å²) in [6, 6.07) is 9.96. The van der Waals surface area contributed by atoms with Crippen LogP contribution >= 0.6 is 0 Å². The molecule has 0 saturated carbocycles. The van der Waals surface area contributed by atoms with Gasteiger partial charge >= 0.3 is 0 Å². The van der Waals surface area contributed by atoms with E-state index in [4.69, 9.17) is 4.74 Å². The summed E-state index contributed by atoms with van der Waals surface area (Å²) in [5.74, 6) is -0.142. The molecule has 0 bridgehead atoms. The SMILES string of the molecule is Cn1cc(C(=O)NC(C)(C)COCc2ccccc2)cn1. The van der Waals surface area contributed by atoms with Crippen LogP contribution in [-0.4, -0.2) is 27.8 Å². The Labute approximate surface area is 124 Å². The molecular formula is C16H21N3O2. The monoisotopic (exact) mass is 287 g/mol. The average Bonchev–Trinajstić information content (AvgIpc) is 2.86. The molecule has 21 heavy (non-hydrogen) atoms. The summed E-state index contributed by atoms with van der Waals surface area (Å²) in [5.41, 5.74) is 1.22. The molecule has 5 nitrogen and oxygen atoms in total. The molecule has 0 aliphatic heterocycles. The fraction of sp³-hybridized carbons (Fsp3) is 0.375. The van der Waals surface area contributed by atoms with Crippen molar-refractivity contribution in [2.45, 2.75) is 26.0 Å². The highest BCUT2D eigenvalue weighted by Crippen LogP contribution is 2.08. The zero-order valence-electron chi connectivity index (χ0n) is 12.7. The van der Waals surface area contributed by atoms with Gasteiger partial charge < -0.3 is 10.1 Å². The van der Waals surface area contributed by atoms with Gasteiger partial charge in [-0.3, -0.25) is 9.48 Å². The summed E-state index contributed by atoms with van der Waals surface area (Å²) in [6.07, 6.45) is 3.24. The molecule has 0 saturated heterocycles. The van der Waals surface area contributed by atoms with Gasteiger partial charge in [-0.15, -0.1) is 0 Å². The number of hydrogen-bond acceptors (Lipinski definition) is 3. The first kappa shape index (κ1) is 15.3. The Morgan fingerprint density at radius 2 is 2.05 bits per heavy atom. The molecule has 0 fully saturated rings. The molecule has 0 atom stereocenters. The van der Waals surface area contributed by atoms with Gasteiger partial charge in [-0.05, 0) is 19.4 Å². The summed E-state index contributed by atoms with van der Waals surface area (Å²) in [4.78, 5) is 12.1. The van der Waals surface area contributed by atoms with Gasteiger partial charge in [0.1, 0.15) is 0 Å². The van der Waals surface area contributed by atoms with Crippen molar-refractivity contribution in [3.05, 3.63) is 53.9 Å². The van der Waals surface area contributed by atoms with Crippen LogP contribution in [0.5, 0.6) is 0 Å². The molecule has 0 unspecified atom stereocenters. The third-order valence-corrected chi connectivity index (χ3v) is 2.99. The number of ether oxygens (including phenoxy) is 1. The summed E-state index contributed by atoms with van der Waals surface area (Å²) in [6.45, 7) is 4.85. The van der Waals surface area contributed by atoms with Crippen LogP contribution in [0.1, 0.15) is 29.8 Å². The lowest BCUT2D eigenvalue weighted by Crippen LogP contribution is -2.46. The predicted octanol–water partition coefficient (Wildman–Crippen LogP) is 2.15. The normalized spacial score (nSPS) is 11.4. The largest absolute Gasteiger partial charge is 0.374 e. The summed E-state index contributed by atoms with van der Waals surface area (Å²) in [5, 5.41) is 6.95. The van der Waals surface area contributed by atoms with Gasteiger partial charge in [-0.1, -0.05) is 30.3 Å². The molecule has 1 heterocycles. The van der Waals surface area contributed by atoms with Crippen molar-refractivity contribution in [2.24, 2.45) is 7.05 Å². The molecule has 5 heteroatoms. The van der Waals surface area contributed by atoms with E-state index >= 15 is 0 Å². The third-order valence-electron chi connectivity index (χ3n) is 2.99. The van der Waals surface area contributed by atoms with Crippen molar-refractivity contribution < 1.29 is 9.53 Å². The zero-order valence-corrected chi connectivity index (χ0v) is 12.7. The quantitative estimate of drug-likeness (QED) is 0.885. The van der Waals surface area contributed by atoms with Gasteiger partial charge in [-0.25, -0.2) is 0 Å².